The first-order valence-electron chi connectivity index (χ1n) is 7.44. The van der Waals surface area contributed by atoms with Gasteiger partial charge in [-0.15, -0.1) is 11.6 Å². The average molecular weight is 352 g/mol. The van der Waals surface area contributed by atoms with Crippen LogP contribution in [0.2, 0.25) is 0 Å². The van der Waals surface area contributed by atoms with Crippen LogP contribution in [0.3, 0.4) is 0 Å². The first kappa shape index (κ1) is 18.2. The van der Waals surface area contributed by atoms with Gasteiger partial charge in [0.25, 0.3) is 0 Å². The highest BCUT2D eigenvalue weighted by atomic mass is 35.5. The summed E-state index contributed by atoms with van der Waals surface area (Å²) in [6, 6.07) is 3.68. The van der Waals surface area contributed by atoms with Crippen LogP contribution in [0.4, 0.5) is 24.5 Å². The Morgan fingerprint density at radius 2 is 1.91 bits per heavy atom. The Morgan fingerprint density at radius 1 is 1.26 bits per heavy atom. The van der Waals surface area contributed by atoms with Crippen molar-refractivity contribution in [1.82, 2.24) is 4.90 Å². The lowest BCUT2D eigenvalue weighted by Crippen LogP contribution is -2.44. The summed E-state index contributed by atoms with van der Waals surface area (Å²) >= 11 is 5.54. The quantitative estimate of drug-likeness (QED) is 0.799. The minimum absolute atomic E-state index is 0.0236. The van der Waals surface area contributed by atoms with E-state index < -0.39 is 17.8 Å². The molecule has 1 heterocycles. The zero-order valence-corrected chi connectivity index (χ0v) is 13.7. The molecule has 0 spiro atoms. The van der Waals surface area contributed by atoms with E-state index >= 15 is 0 Å². The van der Waals surface area contributed by atoms with E-state index in [-0.39, 0.29) is 12.4 Å². The SMILES string of the molecule is CN1CCN(c2ccc(C(F)(F)F)cc2NCC(O)CCl)CC1. The van der Waals surface area contributed by atoms with E-state index in [4.69, 9.17) is 11.6 Å². The van der Waals surface area contributed by atoms with Crippen molar-refractivity contribution in [2.75, 3.05) is 55.9 Å². The molecule has 1 saturated heterocycles. The third-order valence-electron chi connectivity index (χ3n) is 3.87. The summed E-state index contributed by atoms with van der Waals surface area (Å²) in [6.45, 7) is 3.30. The fourth-order valence-corrected chi connectivity index (χ4v) is 2.57. The number of benzene rings is 1. The van der Waals surface area contributed by atoms with E-state index in [0.717, 1.165) is 38.3 Å². The van der Waals surface area contributed by atoms with Crippen LogP contribution in [-0.4, -0.2) is 61.8 Å². The van der Waals surface area contributed by atoms with Crippen molar-refractivity contribution in [3.05, 3.63) is 23.8 Å². The van der Waals surface area contributed by atoms with Crippen LogP contribution in [0.15, 0.2) is 18.2 Å². The Labute approximate surface area is 138 Å². The lowest BCUT2D eigenvalue weighted by molar-refractivity contribution is -0.137. The van der Waals surface area contributed by atoms with E-state index in [2.05, 4.69) is 15.1 Å². The topological polar surface area (TPSA) is 38.7 Å². The highest BCUT2D eigenvalue weighted by molar-refractivity contribution is 6.18. The normalized spacial score (nSPS) is 18.1. The summed E-state index contributed by atoms with van der Waals surface area (Å²) in [4.78, 5) is 4.22. The van der Waals surface area contributed by atoms with Gasteiger partial charge in [0.1, 0.15) is 0 Å². The van der Waals surface area contributed by atoms with Crippen LogP contribution in [0.5, 0.6) is 0 Å². The number of alkyl halides is 4. The summed E-state index contributed by atoms with van der Waals surface area (Å²) in [6.07, 6.45) is -5.21. The molecule has 1 aliphatic heterocycles. The van der Waals surface area contributed by atoms with Gasteiger partial charge in [-0.2, -0.15) is 13.2 Å². The van der Waals surface area contributed by atoms with Crippen molar-refractivity contribution in [3.63, 3.8) is 0 Å². The first-order valence-corrected chi connectivity index (χ1v) is 7.97. The van der Waals surface area contributed by atoms with Crippen molar-refractivity contribution < 1.29 is 18.3 Å². The molecule has 8 heteroatoms. The lowest BCUT2D eigenvalue weighted by Gasteiger charge is -2.35. The smallest absolute Gasteiger partial charge is 0.390 e. The second-order valence-electron chi connectivity index (χ2n) is 5.71. The lowest BCUT2D eigenvalue weighted by atomic mass is 10.1. The van der Waals surface area contributed by atoms with Crippen LogP contribution in [0.1, 0.15) is 5.56 Å². The van der Waals surface area contributed by atoms with Crippen molar-refractivity contribution in [1.29, 1.82) is 0 Å². The minimum atomic E-state index is -4.40. The van der Waals surface area contributed by atoms with E-state index in [1.807, 2.05) is 7.05 Å². The van der Waals surface area contributed by atoms with Crippen molar-refractivity contribution >= 4 is 23.0 Å². The van der Waals surface area contributed by atoms with E-state index in [1.54, 1.807) is 0 Å². The number of likely N-dealkylation sites (N-methyl/N-ethyl adjacent to an activating group) is 1. The highest BCUT2D eigenvalue weighted by Crippen LogP contribution is 2.35. The molecule has 1 unspecified atom stereocenters. The van der Waals surface area contributed by atoms with Gasteiger partial charge in [0.05, 0.1) is 28.9 Å². The van der Waals surface area contributed by atoms with E-state index in [0.29, 0.717) is 11.4 Å². The van der Waals surface area contributed by atoms with Gasteiger partial charge in [-0.1, -0.05) is 0 Å². The molecule has 4 nitrogen and oxygen atoms in total. The average Bonchev–Trinajstić information content (AvgIpc) is 2.52. The molecule has 1 atom stereocenters. The standard InChI is InChI=1S/C15H21ClF3N3O/c1-21-4-6-22(7-5-21)14-3-2-11(15(17,18)19)8-13(14)20-10-12(23)9-16/h2-3,8,12,20,23H,4-7,9-10H2,1H3. The van der Waals surface area contributed by atoms with Crippen molar-refractivity contribution in [3.8, 4) is 0 Å². The third kappa shape index (κ3) is 4.89. The van der Waals surface area contributed by atoms with Crippen LogP contribution >= 0.6 is 11.6 Å². The third-order valence-corrected chi connectivity index (χ3v) is 4.23. The number of rotatable bonds is 5. The molecule has 2 rings (SSSR count). The van der Waals surface area contributed by atoms with Gasteiger partial charge < -0.3 is 20.2 Å². The van der Waals surface area contributed by atoms with E-state index in [9.17, 15) is 18.3 Å². The molecule has 23 heavy (non-hydrogen) atoms. The number of nitrogens with zero attached hydrogens (tertiary/aromatic N) is 2. The number of aliphatic hydroxyl groups excluding tert-OH is 1. The van der Waals surface area contributed by atoms with Gasteiger partial charge >= 0.3 is 6.18 Å². The number of nitrogens with one attached hydrogen (secondary N) is 1. The number of anilines is 2. The fraction of sp³-hybridized carbons (Fsp3) is 0.600. The van der Waals surface area contributed by atoms with Crippen molar-refractivity contribution in [2.45, 2.75) is 12.3 Å². The number of aliphatic hydroxyl groups is 1. The Hall–Kier alpha value is -1.18. The summed E-state index contributed by atoms with van der Waals surface area (Å²) < 4.78 is 38.8. The molecule has 1 aliphatic rings. The van der Waals surface area contributed by atoms with Gasteiger partial charge in [0.15, 0.2) is 0 Å². The highest BCUT2D eigenvalue weighted by Gasteiger charge is 2.31. The maximum atomic E-state index is 12.9. The molecule has 0 saturated carbocycles. The summed E-state index contributed by atoms with van der Waals surface area (Å²) in [5.41, 5.74) is 0.375. The van der Waals surface area contributed by atoms with Crippen molar-refractivity contribution in [2.24, 2.45) is 0 Å². The zero-order chi connectivity index (χ0) is 17.0. The second kappa shape index (κ2) is 7.59. The van der Waals surface area contributed by atoms with Crippen LogP contribution in [0.25, 0.3) is 0 Å². The Kier molecular flexibility index (Phi) is 6.00. The minimum Gasteiger partial charge on any atom is -0.390 e. The first-order chi connectivity index (χ1) is 10.8. The van der Waals surface area contributed by atoms with Gasteiger partial charge in [-0.05, 0) is 25.2 Å². The van der Waals surface area contributed by atoms with Gasteiger partial charge in [-0.3, -0.25) is 0 Å². The molecule has 0 amide bonds. The predicted octanol–water partition coefficient (Wildman–Crippen LogP) is 2.47. The molecule has 0 aromatic heterocycles. The molecule has 0 radical (unpaired) electrons. The molecule has 1 aromatic carbocycles. The number of hydrogen-bond acceptors (Lipinski definition) is 4. The van der Waals surface area contributed by atoms with Gasteiger partial charge in [0.2, 0.25) is 0 Å². The van der Waals surface area contributed by atoms with E-state index in [1.165, 1.54) is 6.07 Å². The Morgan fingerprint density at radius 3 is 2.48 bits per heavy atom. The predicted molar refractivity (Wildman–Crippen MR) is 86.4 cm³/mol. The molecular formula is C15H21ClF3N3O. The van der Waals surface area contributed by atoms with Gasteiger partial charge in [-0.25, -0.2) is 0 Å². The molecule has 1 fully saturated rings. The summed E-state index contributed by atoms with van der Waals surface area (Å²) in [7, 11) is 2.01. The Balaban J connectivity index is 2.24. The second-order valence-corrected chi connectivity index (χ2v) is 6.02. The van der Waals surface area contributed by atoms with Crippen LogP contribution < -0.4 is 10.2 Å². The van der Waals surface area contributed by atoms with Gasteiger partial charge in [0, 0.05) is 32.7 Å². The number of halogens is 4. The summed E-state index contributed by atoms with van der Waals surface area (Å²) in [5.74, 6) is 0.0236. The molecule has 130 valence electrons. The molecule has 1 aromatic rings. The zero-order valence-electron chi connectivity index (χ0n) is 12.9. The van der Waals surface area contributed by atoms with Crippen LogP contribution in [0, 0.1) is 0 Å². The maximum absolute atomic E-state index is 12.9. The summed E-state index contributed by atoms with van der Waals surface area (Å²) in [5, 5.41) is 12.4. The largest absolute Gasteiger partial charge is 0.416 e. The molecule has 0 aliphatic carbocycles. The molecule has 0 bridgehead atoms. The number of hydrogen-bond donors (Lipinski definition) is 2. The number of piperazine rings is 1. The molecule has 2 N–H and O–H groups in total. The van der Waals surface area contributed by atoms with Crippen LogP contribution in [-0.2, 0) is 6.18 Å². The fourth-order valence-electron chi connectivity index (χ4n) is 2.46. The molecular weight excluding hydrogens is 331 g/mol. The Bertz CT molecular complexity index is 519. The maximum Gasteiger partial charge on any atom is 0.416 e. The monoisotopic (exact) mass is 351 g/mol.